The molecule has 1 N–H and O–H groups in total. The predicted octanol–water partition coefficient (Wildman–Crippen LogP) is 5.56. The summed E-state index contributed by atoms with van der Waals surface area (Å²) >= 11 is 0. The summed E-state index contributed by atoms with van der Waals surface area (Å²) in [5.41, 5.74) is 1.26. The first-order valence-electron chi connectivity index (χ1n) is 4.85. The van der Waals surface area contributed by atoms with E-state index in [-0.39, 0.29) is 1.43 Å². The Morgan fingerprint density at radius 3 is 2.00 bits per heavy atom. The van der Waals surface area contributed by atoms with Crippen LogP contribution in [0.25, 0.3) is 0 Å². The Morgan fingerprint density at radius 2 is 1.71 bits per heavy atom. The molecule has 1 heterocycles. The zero-order valence-electron chi connectivity index (χ0n) is 10.4. The van der Waals surface area contributed by atoms with Crippen molar-refractivity contribution in [2.45, 2.75) is 33.1 Å². The van der Waals surface area contributed by atoms with Gasteiger partial charge in [-0.25, -0.2) is 4.98 Å². The standard InChI is InChI=1S/C8H14N2.F6P/c1-3-4-5-8-6-9-7(2)10-8;1-7(2,3,4,5)6/h6H,3-5H2,1-2H3,(H,9,10);/q;-1/p+1. The van der Waals surface area contributed by atoms with Crippen LogP contribution in [0.3, 0.4) is 0 Å². The molecule has 17 heavy (non-hydrogen) atoms. The van der Waals surface area contributed by atoms with Crippen molar-refractivity contribution in [3.63, 3.8) is 0 Å². The maximum atomic E-state index is 9.87. The topological polar surface area (TPSA) is 28.7 Å². The van der Waals surface area contributed by atoms with Crippen LogP contribution < -0.4 is 0 Å². The smallest absolute Gasteiger partial charge is 1.00 e. The van der Waals surface area contributed by atoms with Crippen LogP contribution in [0.1, 0.15) is 32.7 Å². The van der Waals surface area contributed by atoms with Gasteiger partial charge in [0.1, 0.15) is 5.82 Å². The van der Waals surface area contributed by atoms with Crippen molar-refractivity contribution in [2.24, 2.45) is 0 Å². The SMILES string of the molecule is CCCCc1cnc(C)[nH]1.F[P-](F)(F)(F)(F)F.[H+]. The molecule has 0 atom stereocenters. The Bertz CT molecular complexity index is 348. The molecule has 104 valence electrons. The molecular formula is C8H15F6N2P. The van der Waals surface area contributed by atoms with Crippen molar-refractivity contribution in [3.05, 3.63) is 17.7 Å². The molecule has 0 aliphatic heterocycles. The zero-order chi connectivity index (χ0) is 13.8. The Balaban J connectivity index is 0. The third-order valence-corrected chi connectivity index (χ3v) is 1.56. The Labute approximate surface area is 96.2 Å². The number of nitrogens with one attached hydrogen (secondary N) is 1. The quantitative estimate of drug-likeness (QED) is 0.571. The number of unbranched alkanes of at least 4 members (excludes halogenated alkanes) is 1. The van der Waals surface area contributed by atoms with E-state index in [2.05, 4.69) is 16.9 Å². The third kappa shape index (κ3) is 17.8. The monoisotopic (exact) mass is 284 g/mol. The van der Waals surface area contributed by atoms with E-state index < -0.39 is 7.81 Å². The van der Waals surface area contributed by atoms with Crippen LogP contribution in [-0.4, -0.2) is 9.97 Å². The summed E-state index contributed by atoms with van der Waals surface area (Å²) in [4.78, 5) is 7.31. The van der Waals surface area contributed by atoms with E-state index in [9.17, 15) is 25.2 Å². The van der Waals surface area contributed by atoms with Crippen LogP contribution in [0, 0.1) is 6.92 Å². The molecule has 1 aromatic heterocycles. The molecule has 0 saturated carbocycles. The number of rotatable bonds is 3. The predicted molar refractivity (Wildman–Crippen MR) is 56.6 cm³/mol. The largest absolute Gasteiger partial charge is 1.00 e. The van der Waals surface area contributed by atoms with Gasteiger partial charge in [-0.05, 0) is 19.8 Å². The first-order chi connectivity index (χ1) is 7.28. The number of hydrogen-bond donors (Lipinski definition) is 1. The maximum absolute atomic E-state index is 10.7. The number of imidazole rings is 1. The van der Waals surface area contributed by atoms with E-state index in [4.69, 9.17) is 0 Å². The number of aryl methyl sites for hydroxylation is 2. The molecule has 1 rings (SSSR count). The van der Waals surface area contributed by atoms with Crippen molar-refractivity contribution >= 4 is 7.81 Å². The van der Waals surface area contributed by atoms with Gasteiger partial charge in [0, 0.05) is 11.9 Å². The molecule has 1 aromatic rings. The van der Waals surface area contributed by atoms with E-state index in [0.29, 0.717) is 0 Å². The molecular weight excluding hydrogens is 269 g/mol. The fourth-order valence-electron chi connectivity index (χ4n) is 0.966. The molecule has 0 aromatic carbocycles. The Hall–Kier alpha value is -0.780. The van der Waals surface area contributed by atoms with Crippen molar-refractivity contribution in [2.75, 3.05) is 0 Å². The summed E-state index contributed by atoms with van der Waals surface area (Å²) in [5, 5.41) is 0. The summed E-state index contributed by atoms with van der Waals surface area (Å²) in [7, 11) is -10.7. The van der Waals surface area contributed by atoms with Crippen molar-refractivity contribution in [3.8, 4) is 0 Å². The van der Waals surface area contributed by atoms with Gasteiger partial charge in [0.25, 0.3) is 0 Å². The maximum Gasteiger partial charge on any atom is 1.00 e. The first kappa shape index (κ1) is 16.2. The summed E-state index contributed by atoms with van der Waals surface area (Å²) in [6.45, 7) is 4.18. The second-order valence-corrected chi connectivity index (χ2v) is 5.47. The number of hydrogen-bond acceptors (Lipinski definition) is 1. The second kappa shape index (κ2) is 4.48. The Kier molecular flexibility index (Phi) is 4.27. The summed E-state index contributed by atoms with van der Waals surface area (Å²) in [6.07, 6.45) is 5.56. The van der Waals surface area contributed by atoms with Crippen LogP contribution in [0.4, 0.5) is 25.2 Å². The van der Waals surface area contributed by atoms with Gasteiger partial charge < -0.3 is 4.98 Å². The fraction of sp³-hybridized carbons (Fsp3) is 0.625. The fourth-order valence-corrected chi connectivity index (χ4v) is 0.966. The molecule has 0 aliphatic rings. The van der Waals surface area contributed by atoms with E-state index in [1.807, 2.05) is 13.1 Å². The van der Waals surface area contributed by atoms with Gasteiger partial charge in [-0.2, -0.15) is 0 Å². The molecule has 0 bridgehead atoms. The van der Waals surface area contributed by atoms with Crippen LogP contribution >= 0.6 is 7.81 Å². The minimum Gasteiger partial charge on any atom is 1.00 e. The summed E-state index contributed by atoms with van der Waals surface area (Å²) < 4.78 is 59.2. The molecule has 2 nitrogen and oxygen atoms in total. The van der Waals surface area contributed by atoms with Crippen molar-refractivity contribution in [1.29, 1.82) is 0 Å². The van der Waals surface area contributed by atoms with E-state index in [0.717, 1.165) is 12.2 Å². The normalized spacial score (nSPS) is 15.5. The summed E-state index contributed by atoms with van der Waals surface area (Å²) in [5.74, 6) is 1.02. The van der Waals surface area contributed by atoms with Gasteiger partial charge in [-0.15, -0.1) is 0 Å². The van der Waals surface area contributed by atoms with Crippen LogP contribution in [0.2, 0.25) is 0 Å². The number of aromatic nitrogens is 2. The molecule has 0 spiro atoms. The average Bonchev–Trinajstić information content (AvgIpc) is 2.42. The van der Waals surface area contributed by atoms with Gasteiger partial charge in [0.2, 0.25) is 0 Å². The molecule has 9 heteroatoms. The third-order valence-electron chi connectivity index (χ3n) is 1.56. The number of aromatic amines is 1. The van der Waals surface area contributed by atoms with Crippen molar-refractivity contribution in [1.82, 2.24) is 9.97 Å². The minimum absolute atomic E-state index is 0. The molecule has 0 aliphatic carbocycles. The van der Waals surface area contributed by atoms with Crippen LogP contribution in [0.5, 0.6) is 0 Å². The van der Waals surface area contributed by atoms with Crippen molar-refractivity contribution < 1.29 is 26.6 Å². The van der Waals surface area contributed by atoms with Crippen LogP contribution in [0.15, 0.2) is 6.20 Å². The number of nitrogens with zero attached hydrogens (tertiary/aromatic N) is 1. The summed E-state index contributed by atoms with van der Waals surface area (Å²) in [6, 6.07) is 0. The zero-order valence-corrected chi connectivity index (χ0v) is 10.3. The average molecular weight is 284 g/mol. The number of halogens is 6. The molecule has 0 fully saturated rings. The second-order valence-electron chi connectivity index (χ2n) is 3.56. The molecule has 0 unspecified atom stereocenters. The molecule has 0 saturated heterocycles. The molecule has 0 amide bonds. The molecule has 0 radical (unpaired) electrons. The van der Waals surface area contributed by atoms with E-state index in [1.165, 1.54) is 18.5 Å². The van der Waals surface area contributed by atoms with Gasteiger partial charge in [0.15, 0.2) is 0 Å². The van der Waals surface area contributed by atoms with E-state index in [1.54, 1.807) is 0 Å². The van der Waals surface area contributed by atoms with Gasteiger partial charge in [0.05, 0.1) is 0 Å². The first-order valence-corrected chi connectivity index (χ1v) is 6.87. The number of H-pyrrole nitrogens is 1. The Morgan fingerprint density at radius 1 is 1.24 bits per heavy atom. The minimum atomic E-state index is -10.7. The van der Waals surface area contributed by atoms with Crippen LogP contribution in [-0.2, 0) is 6.42 Å². The van der Waals surface area contributed by atoms with Gasteiger partial charge in [-0.3, -0.25) is 0 Å². The van der Waals surface area contributed by atoms with Gasteiger partial charge >= 0.3 is 34.4 Å². The van der Waals surface area contributed by atoms with E-state index >= 15 is 0 Å². The van der Waals surface area contributed by atoms with Gasteiger partial charge in [-0.1, -0.05) is 13.3 Å².